The standard InChI is InChI=1S/C23H20N2OS/c26-23(25-16-13-19(14-17-25)18-6-2-1-3-7-18)20-9-11-21(12-10-20)27-22-8-4-5-15-24-22/h1-13,15H,14,16-17H2. The van der Waals surface area contributed by atoms with Gasteiger partial charge in [-0.25, -0.2) is 4.98 Å². The summed E-state index contributed by atoms with van der Waals surface area (Å²) >= 11 is 1.60. The van der Waals surface area contributed by atoms with Gasteiger partial charge in [0.2, 0.25) is 0 Å². The number of carbonyl (C=O) groups excluding carboxylic acids is 1. The monoisotopic (exact) mass is 372 g/mol. The maximum absolute atomic E-state index is 12.8. The lowest BCUT2D eigenvalue weighted by molar-refractivity contribution is 0.0773. The highest BCUT2D eigenvalue weighted by Crippen LogP contribution is 2.27. The molecule has 0 fully saturated rings. The maximum atomic E-state index is 12.8. The van der Waals surface area contributed by atoms with E-state index in [2.05, 4.69) is 35.3 Å². The van der Waals surface area contributed by atoms with Gasteiger partial charge in [-0.15, -0.1) is 0 Å². The van der Waals surface area contributed by atoms with E-state index < -0.39 is 0 Å². The third-order valence-corrected chi connectivity index (χ3v) is 5.56. The third-order valence-electron chi connectivity index (χ3n) is 4.60. The lowest BCUT2D eigenvalue weighted by atomic mass is 9.99. The van der Waals surface area contributed by atoms with Crippen LogP contribution in [0.3, 0.4) is 0 Å². The maximum Gasteiger partial charge on any atom is 0.254 e. The van der Waals surface area contributed by atoms with E-state index in [0.29, 0.717) is 6.54 Å². The molecule has 0 aliphatic carbocycles. The summed E-state index contributed by atoms with van der Waals surface area (Å²) in [6.45, 7) is 1.41. The molecule has 4 rings (SSSR count). The Hall–Kier alpha value is -2.85. The Balaban J connectivity index is 1.41. The van der Waals surface area contributed by atoms with Gasteiger partial charge in [-0.05, 0) is 54.0 Å². The minimum Gasteiger partial charge on any atom is -0.335 e. The number of hydrogen-bond acceptors (Lipinski definition) is 3. The summed E-state index contributed by atoms with van der Waals surface area (Å²) in [5, 5.41) is 0.950. The van der Waals surface area contributed by atoms with Crippen LogP contribution in [-0.4, -0.2) is 28.9 Å². The summed E-state index contributed by atoms with van der Waals surface area (Å²) in [7, 11) is 0. The van der Waals surface area contributed by atoms with E-state index in [4.69, 9.17) is 0 Å². The number of amides is 1. The van der Waals surface area contributed by atoms with Crippen molar-refractivity contribution < 1.29 is 4.79 Å². The van der Waals surface area contributed by atoms with Crippen LogP contribution in [0.2, 0.25) is 0 Å². The number of aromatic nitrogens is 1. The highest BCUT2D eigenvalue weighted by Gasteiger charge is 2.19. The summed E-state index contributed by atoms with van der Waals surface area (Å²) in [5.74, 6) is 0.0905. The highest BCUT2D eigenvalue weighted by molar-refractivity contribution is 7.99. The molecule has 0 spiro atoms. The van der Waals surface area contributed by atoms with E-state index in [0.717, 1.165) is 28.5 Å². The molecule has 0 N–H and O–H groups in total. The SMILES string of the molecule is O=C(c1ccc(Sc2ccccn2)cc1)N1CC=C(c2ccccc2)CC1. The Bertz CT molecular complexity index is 937. The first-order valence-corrected chi connectivity index (χ1v) is 9.84. The minimum atomic E-state index is 0.0905. The Morgan fingerprint density at radius 1 is 0.926 bits per heavy atom. The van der Waals surface area contributed by atoms with Gasteiger partial charge in [-0.1, -0.05) is 54.2 Å². The van der Waals surface area contributed by atoms with Gasteiger partial charge in [0.1, 0.15) is 5.03 Å². The number of benzene rings is 2. The molecule has 1 aliphatic heterocycles. The van der Waals surface area contributed by atoms with Crippen LogP contribution in [0.25, 0.3) is 5.57 Å². The van der Waals surface area contributed by atoms with Crippen molar-refractivity contribution in [2.24, 2.45) is 0 Å². The van der Waals surface area contributed by atoms with Crippen LogP contribution in [0.1, 0.15) is 22.3 Å². The number of hydrogen-bond donors (Lipinski definition) is 0. The van der Waals surface area contributed by atoms with Crippen LogP contribution in [0.4, 0.5) is 0 Å². The van der Waals surface area contributed by atoms with Crippen LogP contribution in [0.15, 0.2) is 95.0 Å². The Labute approximate surface area is 163 Å². The zero-order valence-corrected chi connectivity index (χ0v) is 15.7. The smallest absolute Gasteiger partial charge is 0.254 e. The molecule has 0 atom stereocenters. The Morgan fingerprint density at radius 3 is 2.37 bits per heavy atom. The van der Waals surface area contributed by atoms with Crippen LogP contribution >= 0.6 is 11.8 Å². The summed E-state index contributed by atoms with van der Waals surface area (Å²) in [6.07, 6.45) is 4.85. The topological polar surface area (TPSA) is 33.2 Å². The van der Waals surface area contributed by atoms with Crippen LogP contribution in [0, 0.1) is 0 Å². The van der Waals surface area contributed by atoms with Gasteiger partial charge in [-0.3, -0.25) is 4.79 Å². The summed E-state index contributed by atoms with van der Waals surface area (Å²) < 4.78 is 0. The molecule has 0 radical (unpaired) electrons. The van der Waals surface area contributed by atoms with Crippen molar-refractivity contribution in [2.45, 2.75) is 16.3 Å². The van der Waals surface area contributed by atoms with Gasteiger partial charge in [0.15, 0.2) is 0 Å². The number of pyridine rings is 1. The molecule has 1 aromatic heterocycles. The van der Waals surface area contributed by atoms with E-state index in [1.807, 2.05) is 53.4 Å². The lowest BCUT2D eigenvalue weighted by Gasteiger charge is -2.27. The molecule has 3 aromatic rings. The van der Waals surface area contributed by atoms with Crippen molar-refractivity contribution in [3.63, 3.8) is 0 Å². The average Bonchev–Trinajstić information content (AvgIpc) is 2.75. The minimum absolute atomic E-state index is 0.0905. The fraction of sp³-hybridized carbons (Fsp3) is 0.130. The van der Waals surface area contributed by atoms with E-state index in [1.54, 1.807) is 18.0 Å². The molecule has 0 bridgehead atoms. The largest absolute Gasteiger partial charge is 0.335 e. The molecule has 0 saturated carbocycles. The Kier molecular flexibility index (Phi) is 5.35. The molecular formula is C23H20N2OS. The fourth-order valence-corrected chi connectivity index (χ4v) is 3.92. The summed E-state index contributed by atoms with van der Waals surface area (Å²) in [5.41, 5.74) is 3.30. The molecular weight excluding hydrogens is 352 g/mol. The predicted molar refractivity (Wildman–Crippen MR) is 110 cm³/mol. The molecule has 27 heavy (non-hydrogen) atoms. The molecule has 2 heterocycles. The molecule has 1 amide bonds. The molecule has 1 aliphatic rings. The Morgan fingerprint density at radius 2 is 1.70 bits per heavy atom. The molecule has 4 heteroatoms. The van der Waals surface area contributed by atoms with E-state index in [-0.39, 0.29) is 5.91 Å². The van der Waals surface area contributed by atoms with Crippen LogP contribution < -0.4 is 0 Å². The zero-order chi connectivity index (χ0) is 18.5. The van der Waals surface area contributed by atoms with Crippen molar-refractivity contribution in [1.29, 1.82) is 0 Å². The third kappa shape index (κ3) is 4.29. The summed E-state index contributed by atoms with van der Waals surface area (Å²) in [6, 6.07) is 24.0. The van der Waals surface area contributed by atoms with Crippen LogP contribution in [0.5, 0.6) is 0 Å². The quantitative estimate of drug-likeness (QED) is 0.634. The van der Waals surface area contributed by atoms with Gasteiger partial charge in [-0.2, -0.15) is 0 Å². The number of rotatable bonds is 4. The number of nitrogens with zero attached hydrogens (tertiary/aromatic N) is 2. The fourth-order valence-electron chi connectivity index (χ4n) is 3.14. The van der Waals surface area contributed by atoms with Gasteiger partial charge in [0.25, 0.3) is 5.91 Å². The summed E-state index contributed by atoms with van der Waals surface area (Å²) in [4.78, 5) is 20.1. The van der Waals surface area contributed by atoms with E-state index in [1.165, 1.54) is 11.1 Å². The van der Waals surface area contributed by atoms with Gasteiger partial charge in [0, 0.05) is 29.7 Å². The second kappa shape index (κ2) is 8.23. The molecule has 3 nitrogen and oxygen atoms in total. The average molecular weight is 372 g/mol. The lowest BCUT2D eigenvalue weighted by Crippen LogP contribution is -2.34. The second-order valence-electron chi connectivity index (χ2n) is 6.39. The van der Waals surface area contributed by atoms with E-state index >= 15 is 0 Å². The van der Waals surface area contributed by atoms with Gasteiger partial charge >= 0.3 is 0 Å². The van der Waals surface area contributed by atoms with Crippen molar-refractivity contribution >= 4 is 23.2 Å². The second-order valence-corrected chi connectivity index (χ2v) is 7.48. The first-order chi connectivity index (χ1) is 13.3. The first-order valence-electron chi connectivity index (χ1n) is 9.02. The highest BCUT2D eigenvalue weighted by atomic mass is 32.2. The zero-order valence-electron chi connectivity index (χ0n) is 14.9. The molecule has 134 valence electrons. The molecule has 0 saturated heterocycles. The van der Waals surface area contributed by atoms with Gasteiger partial charge in [0.05, 0.1) is 0 Å². The normalized spacial score (nSPS) is 13.9. The van der Waals surface area contributed by atoms with Crippen molar-refractivity contribution in [1.82, 2.24) is 9.88 Å². The van der Waals surface area contributed by atoms with Crippen LogP contribution in [-0.2, 0) is 0 Å². The predicted octanol–water partition coefficient (Wildman–Crippen LogP) is 5.16. The van der Waals surface area contributed by atoms with Gasteiger partial charge < -0.3 is 4.90 Å². The number of carbonyl (C=O) groups is 1. The molecule has 2 aromatic carbocycles. The van der Waals surface area contributed by atoms with Crippen molar-refractivity contribution in [3.05, 3.63) is 96.2 Å². The van der Waals surface area contributed by atoms with Crippen molar-refractivity contribution in [2.75, 3.05) is 13.1 Å². The first kappa shape index (κ1) is 17.6. The molecule has 0 unspecified atom stereocenters. The van der Waals surface area contributed by atoms with Crippen molar-refractivity contribution in [3.8, 4) is 0 Å². The van der Waals surface area contributed by atoms with E-state index in [9.17, 15) is 4.79 Å².